The van der Waals surface area contributed by atoms with E-state index in [9.17, 15) is 14.7 Å². The van der Waals surface area contributed by atoms with Gasteiger partial charge in [0.1, 0.15) is 12.0 Å². The average molecular weight is 560 g/mol. The van der Waals surface area contributed by atoms with Gasteiger partial charge in [0.2, 0.25) is 0 Å². The number of fused-ring (bicyclic) bond motifs is 1. The molecule has 0 unspecified atom stereocenters. The number of nitrogens with zero attached hydrogens (tertiary/aromatic N) is 3. The number of aromatic amines is 1. The summed E-state index contributed by atoms with van der Waals surface area (Å²) in [4.78, 5) is 39.8. The number of aromatic nitrogens is 3. The molecule has 8 nitrogen and oxygen atoms in total. The zero-order valence-electron chi connectivity index (χ0n) is 24.1. The number of hydrogen-bond donors (Lipinski definition) is 3. The minimum absolute atomic E-state index is 0.0164. The molecule has 1 fully saturated rings. The van der Waals surface area contributed by atoms with Crippen LogP contribution in [0.2, 0.25) is 0 Å². The van der Waals surface area contributed by atoms with Crippen molar-refractivity contribution >= 4 is 28.5 Å². The lowest BCUT2D eigenvalue weighted by molar-refractivity contribution is 0.00589. The van der Waals surface area contributed by atoms with Crippen LogP contribution in [-0.4, -0.2) is 56.0 Å². The van der Waals surface area contributed by atoms with Gasteiger partial charge in [0.15, 0.2) is 0 Å². The van der Waals surface area contributed by atoms with Gasteiger partial charge in [0, 0.05) is 46.5 Å². The van der Waals surface area contributed by atoms with Gasteiger partial charge >= 0.3 is 0 Å². The largest absolute Gasteiger partial charge is 0.389 e. The van der Waals surface area contributed by atoms with Crippen molar-refractivity contribution in [3.8, 4) is 22.5 Å². The van der Waals surface area contributed by atoms with Crippen LogP contribution in [0.25, 0.3) is 33.5 Å². The fourth-order valence-corrected chi connectivity index (χ4v) is 5.25. The molecule has 3 N–H and O–H groups in total. The Hall–Kier alpha value is -4.82. The van der Waals surface area contributed by atoms with E-state index in [1.807, 2.05) is 67.6 Å². The number of benzene rings is 3. The molecule has 0 radical (unpaired) electrons. The molecule has 0 bridgehead atoms. The first-order chi connectivity index (χ1) is 20.1. The van der Waals surface area contributed by atoms with Gasteiger partial charge in [-0.15, -0.1) is 0 Å². The molecule has 1 aliphatic rings. The van der Waals surface area contributed by atoms with Crippen molar-refractivity contribution in [2.45, 2.75) is 39.2 Å². The van der Waals surface area contributed by atoms with Crippen LogP contribution >= 0.6 is 0 Å². The number of rotatable bonds is 5. The summed E-state index contributed by atoms with van der Waals surface area (Å²) < 4.78 is 0. The van der Waals surface area contributed by atoms with E-state index in [0.717, 1.165) is 39.2 Å². The molecule has 2 amide bonds. The molecule has 212 valence electrons. The summed E-state index contributed by atoms with van der Waals surface area (Å²) in [7, 11) is 0. The first-order valence-electron chi connectivity index (χ1n) is 14.0. The second-order valence-electron chi connectivity index (χ2n) is 11.9. The summed E-state index contributed by atoms with van der Waals surface area (Å²) in [5, 5.41) is 13.4. The molecular weight excluding hydrogens is 526 g/mol. The van der Waals surface area contributed by atoms with Crippen molar-refractivity contribution in [2.24, 2.45) is 0 Å². The maximum Gasteiger partial charge on any atom is 0.255 e. The van der Waals surface area contributed by atoms with Crippen molar-refractivity contribution in [2.75, 3.05) is 18.4 Å². The first kappa shape index (κ1) is 27.4. The summed E-state index contributed by atoms with van der Waals surface area (Å²) in [5.74, 6) is -0.249. The Bertz CT molecular complexity index is 1790. The summed E-state index contributed by atoms with van der Waals surface area (Å²) >= 11 is 0. The quantitative estimate of drug-likeness (QED) is 0.246. The van der Waals surface area contributed by atoms with Gasteiger partial charge in [0.05, 0.1) is 11.8 Å². The van der Waals surface area contributed by atoms with Crippen LogP contribution in [0.5, 0.6) is 0 Å². The normalized spacial score (nSPS) is 13.7. The monoisotopic (exact) mass is 559 g/mol. The van der Waals surface area contributed by atoms with Crippen molar-refractivity contribution in [3.05, 3.63) is 101 Å². The highest BCUT2D eigenvalue weighted by atomic mass is 16.3. The van der Waals surface area contributed by atoms with Crippen molar-refractivity contribution in [1.29, 1.82) is 0 Å². The number of amides is 2. The number of likely N-dealkylation sites (tertiary alicyclic amines) is 1. The molecule has 0 atom stereocenters. The lowest BCUT2D eigenvalue weighted by Gasteiger charge is -2.35. The third-order valence-electron chi connectivity index (χ3n) is 7.87. The second kappa shape index (κ2) is 10.5. The molecule has 2 aromatic heterocycles. The lowest BCUT2D eigenvalue weighted by atomic mass is 9.86. The summed E-state index contributed by atoms with van der Waals surface area (Å²) in [6.45, 7) is 9.17. The molecular formula is C34H33N5O3. The number of carbonyl (C=O) groups excluding carboxylic acids is 2. The average Bonchev–Trinajstić information content (AvgIpc) is 3.41. The third-order valence-corrected chi connectivity index (χ3v) is 7.87. The number of H-pyrrole nitrogens is 1. The predicted molar refractivity (Wildman–Crippen MR) is 165 cm³/mol. The number of anilines is 1. The molecule has 1 saturated heterocycles. The molecule has 0 saturated carbocycles. The fourth-order valence-electron chi connectivity index (χ4n) is 5.25. The number of β-amino-alcohol motifs (C(OH)–C–C–N with tert-alkyl or cyclic N) is 1. The van der Waals surface area contributed by atoms with Gasteiger partial charge < -0.3 is 20.3 Å². The minimum atomic E-state index is -0.429. The smallest absolute Gasteiger partial charge is 0.255 e. The highest BCUT2D eigenvalue weighted by Gasteiger charge is 2.29. The lowest BCUT2D eigenvalue weighted by Crippen LogP contribution is -2.53. The molecule has 5 aromatic rings. The Morgan fingerprint density at radius 1 is 0.952 bits per heavy atom. The number of nitrogens with one attached hydrogen (secondary N) is 2. The Morgan fingerprint density at radius 2 is 1.64 bits per heavy atom. The van der Waals surface area contributed by atoms with Crippen LogP contribution in [0, 0.1) is 6.92 Å². The van der Waals surface area contributed by atoms with E-state index in [2.05, 4.69) is 41.0 Å². The van der Waals surface area contributed by atoms with E-state index in [4.69, 9.17) is 0 Å². The van der Waals surface area contributed by atoms with Crippen LogP contribution < -0.4 is 5.32 Å². The first-order valence-corrected chi connectivity index (χ1v) is 14.0. The predicted octanol–water partition coefficient (Wildman–Crippen LogP) is 5.97. The van der Waals surface area contributed by atoms with Gasteiger partial charge in [-0.05, 0) is 65.4 Å². The van der Waals surface area contributed by atoms with E-state index in [1.54, 1.807) is 17.0 Å². The Kier molecular flexibility index (Phi) is 6.86. The molecule has 1 aliphatic heterocycles. The van der Waals surface area contributed by atoms with Crippen LogP contribution in [-0.2, 0) is 5.41 Å². The zero-order valence-corrected chi connectivity index (χ0v) is 24.1. The van der Waals surface area contributed by atoms with Gasteiger partial charge in [-0.2, -0.15) is 0 Å². The number of aliphatic hydroxyl groups is 1. The highest BCUT2D eigenvalue weighted by molar-refractivity contribution is 6.05. The molecule has 0 spiro atoms. The maximum atomic E-state index is 13.1. The minimum Gasteiger partial charge on any atom is -0.389 e. The van der Waals surface area contributed by atoms with Crippen LogP contribution in [0.1, 0.15) is 52.6 Å². The summed E-state index contributed by atoms with van der Waals surface area (Å²) in [6, 6.07) is 22.9. The Balaban J connectivity index is 1.26. The molecule has 0 aliphatic carbocycles. The van der Waals surface area contributed by atoms with E-state index in [-0.39, 0.29) is 17.2 Å². The van der Waals surface area contributed by atoms with E-state index < -0.39 is 6.10 Å². The van der Waals surface area contributed by atoms with Gasteiger partial charge in [-0.3, -0.25) is 9.59 Å². The molecule has 8 heteroatoms. The van der Waals surface area contributed by atoms with Crippen LogP contribution in [0.15, 0.2) is 79.1 Å². The standard InChI is InChI=1S/C34H33N5O3/c1-20-26(6-5-7-28(20)38-32(41)22-12-14-24(15-13-22)34(2,3)4)30-27-16-29(37-31(27)36-19-35-30)21-8-10-23(11-9-21)33(42)39-17-25(40)18-39/h5-16,19,25,40H,17-18H2,1-4H3,(H,38,41)(H,35,36,37). The SMILES string of the molecule is Cc1c(NC(=O)c2ccc(C(C)(C)C)cc2)cccc1-c1ncnc2[nH]c(-c3ccc(C(=O)N4CC(O)C4)cc3)cc12. The van der Waals surface area contributed by atoms with Gasteiger partial charge in [0.25, 0.3) is 11.8 Å². The van der Waals surface area contributed by atoms with Crippen LogP contribution in [0.4, 0.5) is 5.69 Å². The van der Waals surface area contributed by atoms with Gasteiger partial charge in [-0.1, -0.05) is 57.2 Å². The number of hydrogen-bond acceptors (Lipinski definition) is 5. The maximum absolute atomic E-state index is 13.1. The third kappa shape index (κ3) is 5.17. The van der Waals surface area contributed by atoms with E-state index in [0.29, 0.717) is 29.9 Å². The van der Waals surface area contributed by atoms with E-state index in [1.165, 1.54) is 11.9 Å². The Morgan fingerprint density at radius 3 is 2.31 bits per heavy atom. The van der Waals surface area contributed by atoms with E-state index >= 15 is 0 Å². The molecule has 3 aromatic carbocycles. The van der Waals surface area contributed by atoms with Crippen molar-refractivity contribution < 1.29 is 14.7 Å². The molecule has 42 heavy (non-hydrogen) atoms. The highest BCUT2D eigenvalue weighted by Crippen LogP contribution is 2.34. The van der Waals surface area contributed by atoms with Gasteiger partial charge in [-0.25, -0.2) is 9.97 Å². The summed E-state index contributed by atoms with van der Waals surface area (Å²) in [5.41, 5.74) is 8.10. The fraction of sp³-hybridized carbons (Fsp3) is 0.235. The molecule has 3 heterocycles. The zero-order chi connectivity index (χ0) is 29.6. The Labute approximate surface area is 244 Å². The number of aliphatic hydroxyl groups excluding tert-OH is 1. The number of carbonyl (C=O) groups is 2. The molecule has 6 rings (SSSR count). The van der Waals surface area contributed by atoms with Crippen LogP contribution in [0.3, 0.4) is 0 Å². The van der Waals surface area contributed by atoms with Crippen molar-refractivity contribution in [1.82, 2.24) is 19.9 Å². The topological polar surface area (TPSA) is 111 Å². The summed E-state index contributed by atoms with van der Waals surface area (Å²) in [6.07, 6.45) is 1.10. The van der Waals surface area contributed by atoms with Crippen molar-refractivity contribution in [3.63, 3.8) is 0 Å². The second-order valence-corrected chi connectivity index (χ2v) is 11.9.